The number of amides is 1. The predicted octanol–water partition coefficient (Wildman–Crippen LogP) is 3.33. The van der Waals surface area contributed by atoms with Crippen LogP contribution in [0.5, 0.6) is 0 Å². The van der Waals surface area contributed by atoms with Gasteiger partial charge in [-0.05, 0) is 63.2 Å². The number of fused-ring (bicyclic) bond motifs is 1. The van der Waals surface area contributed by atoms with Crippen LogP contribution in [0.25, 0.3) is 0 Å². The van der Waals surface area contributed by atoms with Crippen LogP contribution < -0.4 is 5.73 Å². The normalized spacial score (nSPS) is 30.9. The maximum absolute atomic E-state index is 10.8. The third-order valence-electron chi connectivity index (χ3n) is 6.14. The Hall–Kier alpha value is -1.57. The van der Waals surface area contributed by atoms with Gasteiger partial charge in [-0.2, -0.15) is 0 Å². The van der Waals surface area contributed by atoms with Gasteiger partial charge in [-0.25, -0.2) is 0 Å². The fraction of sp³-hybridized carbons (Fsp3) is 0.696. The highest BCUT2D eigenvalue weighted by Crippen LogP contribution is 2.50. The fourth-order valence-corrected chi connectivity index (χ4v) is 4.51. The summed E-state index contributed by atoms with van der Waals surface area (Å²) in [5.41, 5.74) is 6.66. The van der Waals surface area contributed by atoms with Crippen molar-refractivity contribution in [2.75, 3.05) is 0 Å². The van der Waals surface area contributed by atoms with Crippen LogP contribution in [0, 0.1) is 35.5 Å². The van der Waals surface area contributed by atoms with Crippen molar-refractivity contribution in [3.05, 3.63) is 23.8 Å². The minimum atomic E-state index is -0.515. The van der Waals surface area contributed by atoms with E-state index in [1.54, 1.807) is 0 Å². The van der Waals surface area contributed by atoms with E-state index in [0.29, 0.717) is 24.7 Å². The van der Waals surface area contributed by atoms with Crippen molar-refractivity contribution in [1.29, 1.82) is 0 Å². The lowest BCUT2D eigenvalue weighted by Gasteiger charge is -2.19. The van der Waals surface area contributed by atoms with E-state index in [0.717, 1.165) is 38.5 Å². The van der Waals surface area contributed by atoms with Gasteiger partial charge in [-0.15, -0.1) is 11.8 Å². The molecule has 0 radical (unpaired) electrons. The van der Waals surface area contributed by atoms with E-state index in [9.17, 15) is 15.0 Å². The minimum absolute atomic E-state index is 0.0995. The quantitative estimate of drug-likeness (QED) is 0.329. The zero-order chi connectivity index (χ0) is 19.8. The Morgan fingerprint density at radius 1 is 1.37 bits per heavy atom. The molecular weight excluding hydrogens is 338 g/mol. The number of carbonyl (C=O) groups is 1. The summed E-state index contributed by atoms with van der Waals surface area (Å²) in [4.78, 5) is 10.8. The lowest BCUT2D eigenvalue weighted by atomic mass is 9.89. The smallest absolute Gasteiger partial charge is 0.217 e. The molecule has 4 heteroatoms. The number of aliphatic hydroxyl groups excluding tert-OH is 2. The molecule has 2 rings (SSSR count). The summed E-state index contributed by atoms with van der Waals surface area (Å²) in [7, 11) is 0. The van der Waals surface area contributed by atoms with Gasteiger partial charge in [0, 0.05) is 18.8 Å². The molecule has 2 saturated carbocycles. The van der Waals surface area contributed by atoms with Gasteiger partial charge >= 0.3 is 0 Å². The van der Waals surface area contributed by atoms with Crippen molar-refractivity contribution in [3.8, 4) is 11.8 Å². The van der Waals surface area contributed by atoms with E-state index >= 15 is 0 Å². The van der Waals surface area contributed by atoms with E-state index in [1.807, 2.05) is 26.0 Å². The number of allylic oxidation sites excluding steroid dienone is 2. The SMILES string of the molecule is CC#CC[C@H](C)[C@@H](O)/C=C/[C@@H]1[C@H]2CC(=CCCCCC(N)=O)C[C@H]2C[C@H]1O. The van der Waals surface area contributed by atoms with Crippen LogP contribution >= 0.6 is 0 Å². The molecule has 0 heterocycles. The monoisotopic (exact) mass is 373 g/mol. The number of nitrogens with two attached hydrogens (primary N) is 1. The highest BCUT2D eigenvalue weighted by atomic mass is 16.3. The summed E-state index contributed by atoms with van der Waals surface area (Å²) in [6.07, 6.45) is 12.4. The molecule has 4 N–H and O–H groups in total. The van der Waals surface area contributed by atoms with Gasteiger partial charge in [-0.1, -0.05) is 30.7 Å². The summed E-state index contributed by atoms with van der Waals surface area (Å²) >= 11 is 0. The molecule has 2 aliphatic rings. The van der Waals surface area contributed by atoms with Crippen molar-refractivity contribution in [2.24, 2.45) is 29.4 Å². The Kier molecular flexibility index (Phi) is 8.60. The first-order chi connectivity index (χ1) is 12.9. The van der Waals surface area contributed by atoms with Gasteiger partial charge < -0.3 is 15.9 Å². The topological polar surface area (TPSA) is 83.5 Å². The molecule has 6 atom stereocenters. The van der Waals surface area contributed by atoms with Crippen LogP contribution in [0.15, 0.2) is 23.8 Å². The number of rotatable bonds is 9. The predicted molar refractivity (Wildman–Crippen MR) is 108 cm³/mol. The van der Waals surface area contributed by atoms with E-state index < -0.39 is 6.10 Å². The van der Waals surface area contributed by atoms with Crippen LogP contribution in [0.4, 0.5) is 0 Å². The van der Waals surface area contributed by atoms with E-state index in [1.165, 1.54) is 5.57 Å². The second-order valence-electron chi connectivity index (χ2n) is 8.27. The Balaban J connectivity index is 1.85. The molecular formula is C23H35NO3. The number of hydrogen-bond acceptors (Lipinski definition) is 3. The molecule has 150 valence electrons. The Bertz CT molecular complexity index is 613. The molecule has 0 aromatic rings. The number of carbonyl (C=O) groups excluding carboxylic acids is 1. The summed E-state index contributed by atoms with van der Waals surface area (Å²) < 4.78 is 0. The fourth-order valence-electron chi connectivity index (χ4n) is 4.51. The highest BCUT2D eigenvalue weighted by Gasteiger charge is 2.44. The van der Waals surface area contributed by atoms with E-state index in [-0.39, 0.29) is 23.8 Å². The molecule has 0 aromatic carbocycles. The molecule has 0 aromatic heterocycles. The Labute approximate surface area is 163 Å². The van der Waals surface area contributed by atoms with Gasteiger partial charge in [0.15, 0.2) is 0 Å². The van der Waals surface area contributed by atoms with E-state index in [2.05, 4.69) is 17.9 Å². The Morgan fingerprint density at radius 3 is 2.85 bits per heavy atom. The second-order valence-corrected chi connectivity index (χ2v) is 8.27. The largest absolute Gasteiger partial charge is 0.392 e. The lowest BCUT2D eigenvalue weighted by molar-refractivity contribution is -0.118. The minimum Gasteiger partial charge on any atom is -0.392 e. The van der Waals surface area contributed by atoms with Crippen molar-refractivity contribution in [3.63, 3.8) is 0 Å². The molecule has 0 aliphatic heterocycles. The molecule has 0 bridgehead atoms. The maximum Gasteiger partial charge on any atom is 0.217 e. The van der Waals surface area contributed by atoms with Crippen LogP contribution in [-0.4, -0.2) is 28.3 Å². The summed E-state index contributed by atoms with van der Waals surface area (Å²) in [5, 5.41) is 20.8. The van der Waals surface area contributed by atoms with Crippen molar-refractivity contribution in [2.45, 2.75) is 77.4 Å². The van der Waals surface area contributed by atoms with Crippen LogP contribution in [0.2, 0.25) is 0 Å². The summed E-state index contributed by atoms with van der Waals surface area (Å²) in [5.74, 6) is 6.92. The summed E-state index contributed by atoms with van der Waals surface area (Å²) in [6, 6.07) is 0. The first-order valence-electron chi connectivity index (χ1n) is 10.3. The average molecular weight is 374 g/mol. The molecule has 0 saturated heterocycles. The third kappa shape index (κ3) is 6.52. The van der Waals surface area contributed by atoms with Crippen molar-refractivity contribution in [1.82, 2.24) is 0 Å². The van der Waals surface area contributed by atoms with Gasteiger partial charge in [0.1, 0.15) is 0 Å². The molecule has 4 nitrogen and oxygen atoms in total. The van der Waals surface area contributed by atoms with Crippen LogP contribution in [0.1, 0.15) is 65.2 Å². The highest BCUT2D eigenvalue weighted by molar-refractivity contribution is 5.73. The molecule has 0 unspecified atom stereocenters. The van der Waals surface area contributed by atoms with Gasteiger partial charge in [-0.3, -0.25) is 4.79 Å². The first-order valence-corrected chi connectivity index (χ1v) is 10.3. The van der Waals surface area contributed by atoms with Gasteiger partial charge in [0.25, 0.3) is 0 Å². The van der Waals surface area contributed by atoms with Gasteiger partial charge in [0.2, 0.25) is 5.91 Å². The lowest BCUT2D eigenvalue weighted by Crippen LogP contribution is -2.19. The number of aliphatic hydroxyl groups is 2. The first kappa shape index (κ1) is 21.7. The molecule has 2 aliphatic carbocycles. The molecule has 1 amide bonds. The van der Waals surface area contributed by atoms with Crippen LogP contribution in [0.3, 0.4) is 0 Å². The standard InChI is InChI=1S/C23H35NO3/c1-3-4-8-16(2)21(25)12-11-19-20-14-17(13-18(20)15-22(19)26)9-6-5-7-10-23(24)27/h9,11-12,16,18-22,25-26H,5-8,10,13-15H2,1-2H3,(H2,24,27)/b12-11+,17-9?/t16-,18-,19+,20-,21-,22+/m0/s1. The van der Waals surface area contributed by atoms with Gasteiger partial charge in [0.05, 0.1) is 12.2 Å². The number of primary amides is 1. The van der Waals surface area contributed by atoms with Crippen LogP contribution in [-0.2, 0) is 4.79 Å². The Morgan fingerprint density at radius 2 is 2.15 bits per heavy atom. The van der Waals surface area contributed by atoms with Crippen molar-refractivity contribution < 1.29 is 15.0 Å². The van der Waals surface area contributed by atoms with Crippen molar-refractivity contribution >= 4 is 5.91 Å². The number of unbranched alkanes of at least 4 members (excludes halogenated alkanes) is 2. The third-order valence-corrected chi connectivity index (χ3v) is 6.14. The zero-order valence-electron chi connectivity index (χ0n) is 16.7. The second kappa shape index (κ2) is 10.7. The summed E-state index contributed by atoms with van der Waals surface area (Å²) in [6.45, 7) is 3.81. The van der Waals surface area contributed by atoms with E-state index in [4.69, 9.17) is 5.73 Å². The molecule has 27 heavy (non-hydrogen) atoms. The zero-order valence-corrected chi connectivity index (χ0v) is 16.7. The maximum atomic E-state index is 10.8. The average Bonchev–Trinajstić information content (AvgIpc) is 3.13. The molecule has 2 fully saturated rings. The molecule has 0 spiro atoms. The number of hydrogen-bond donors (Lipinski definition) is 3.